The van der Waals surface area contributed by atoms with Gasteiger partial charge in [-0.25, -0.2) is 0 Å². The van der Waals surface area contributed by atoms with Crippen LogP contribution in [0.1, 0.15) is 37.4 Å². The van der Waals surface area contributed by atoms with E-state index in [1.807, 2.05) is 31.2 Å². The quantitative estimate of drug-likeness (QED) is 0.358. The minimum atomic E-state index is -1.00. The minimum Gasteiger partial charge on any atom is -0.508 e. The van der Waals surface area contributed by atoms with Gasteiger partial charge in [-0.05, 0) is 91.5 Å². The number of imide groups is 1. The molecule has 3 heterocycles. The first-order valence-corrected chi connectivity index (χ1v) is 12.6. The van der Waals surface area contributed by atoms with Crippen molar-refractivity contribution in [1.29, 1.82) is 0 Å². The summed E-state index contributed by atoms with van der Waals surface area (Å²) in [5, 5.41) is 20.8. The van der Waals surface area contributed by atoms with E-state index < -0.39 is 13.0 Å². The third kappa shape index (κ3) is 4.49. The van der Waals surface area contributed by atoms with Gasteiger partial charge in [-0.1, -0.05) is 23.2 Å². The maximum Gasteiger partial charge on any atom is 0.455 e. The fourth-order valence-electron chi connectivity index (χ4n) is 6.01. The van der Waals surface area contributed by atoms with E-state index >= 15 is 0 Å². The van der Waals surface area contributed by atoms with Crippen LogP contribution in [0.15, 0.2) is 53.7 Å². The number of aromatic nitrogens is 1. The first-order chi connectivity index (χ1) is 17.2. The Bertz CT molecular complexity index is 1260. The number of pyridine rings is 1. The van der Waals surface area contributed by atoms with Crippen LogP contribution in [-0.2, 0) is 14.2 Å². The molecule has 7 nitrogen and oxygen atoms in total. The number of phenolic OH excluding ortho intramolecular Hbond substituents is 1. The van der Waals surface area contributed by atoms with Crippen molar-refractivity contribution in [1.82, 2.24) is 9.88 Å². The summed E-state index contributed by atoms with van der Waals surface area (Å²) in [6.45, 7) is 2.01. The first-order valence-electron chi connectivity index (χ1n) is 12.2. The van der Waals surface area contributed by atoms with Crippen LogP contribution in [0.5, 0.6) is 5.75 Å². The number of carbonyl (C=O) groups is 2. The fraction of sp³-hybridized carbons (Fsp3) is 0.370. The molecule has 0 bridgehead atoms. The Morgan fingerprint density at radius 1 is 1.25 bits per heavy atom. The highest BCUT2D eigenvalue weighted by atomic mass is 35.5. The number of benzene rings is 1. The Morgan fingerprint density at radius 2 is 2.06 bits per heavy atom. The standard InChI is InChI=1S/C27H28BClN2O5/c1-15-11-19-25(27(34)31(2)26(19)33)20-14-28(35)36-23(24(15)20)9-7-17(22-5-3-4-10-30-22)12-16-6-8-18(32)13-21(16)29/h3-6,8,10,12-13,19-20,23,25,32,35H,7,9,11,14H2,1-2H3/b17-12-/t19-,20+,23-,25-/m1/s1. The molecule has 0 spiro atoms. The van der Waals surface area contributed by atoms with Gasteiger partial charge < -0.3 is 14.8 Å². The monoisotopic (exact) mass is 506 g/mol. The van der Waals surface area contributed by atoms with Gasteiger partial charge in [-0.3, -0.25) is 19.5 Å². The largest absolute Gasteiger partial charge is 0.508 e. The number of likely N-dealkylation sites (tertiary alicyclic amines) is 1. The number of halogens is 1. The Labute approximate surface area is 215 Å². The molecule has 9 heteroatoms. The zero-order valence-corrected chi connectivity index (χ0v) is 21.0. The highest BCUT2D eigenvalue weighted by Crippen LogP contribution is 2.50. The Balaban J connectivity index is 1.45. The molecule has 2 amide bonds. The number of phenols is 1. The van der Waals surface area contributed by atoms with E-state index in [1.165, 1.54) is 11.0 Å². The van der Waals surface area contributed by atoms with Gasteiger partial charge in [-0.2, -0.15) is 0 Å². The summed E-state index contributed by atoms with van der Waals surface area (Å²) in [6, 6.07) is 10.5. The van der Waals surface area contributed by atoms with Gasteiger partial charge in [-0.15, -0.1) is 0 Å². The third-order valence-electron chi connectivity index (χ3n) is 7.66. The van der Waals surface area contributed by atoms with E-state index in [2.05, 4.69) is 4.98 Å². The fourth-order valence-corrected chi connectivity index (χ4v) is 6.24. The average molecular weight is 507 g/mol. The topological polar surface area (TPSA) is 100.0 Å². The molecule has 3 aliphatic rings. The number of rotatable bonds is 5. The molecule has 4 atom stereocenters. The van der Waals surface area contributed by atoms with Crippen LogP contribution in [0.4, 0.5) is 0 Å². The second kappa shape index (κ2) is 9.84. The lowest BCUT2D eigenvalue weighted by Gasteiger charge is -2.42. The van der Waals surface area contributed by atoms with Gasteiger partial charge >= 0.3 is 7.12 Å². The van der Waals surface area contributed by atoms with Crippen LogP contribution >= 0.6 is 11.6 Å². The zero-order valence-electron chi connectivity index (χ0n) is 20.2. The lowest BCUT2D eigenvalue weighted by Crippen LogP contribution is -2.45. The van der Waals surface area contributed by atoms with Crippen molar-refractivity contribution in [3.8, 4) is 5.75 Å². The molecule has 1 aromatic carbocycles. The molecular weight excluding hydrogens is 479 g/mol. The molecule has 36 heavy (non-hydrogen) atoms. The number of allylic oxidation sites excluding steroid dienone is 2. The van der Waals surface area contributed by atoms with E-state index in [1.54, 1.807) is 25.4 Å². The van der Waals surface area contributed by atoms with Crippen molar-refractivity contribution >= 4 is 42.2 Å². The van der Waals surface area contributed by atoms with E-state index in [0.29, 0.717) is 30.6 Å². The number of hydrogen-bond acceptors (Lipinski definition) is 6. The first kappa shape index (κ1) is 24.7. The van der Waals surface area contributed by atoms with Crippen LogP contribution in [0.2, 0.25) is 11.3 Å². The molecule has 2 saturated heterocycles. The van der Waals surface area contributed by atoms with Crippen LogP contribution in [0.3, 0.4) is 0 Å². The van der Waals surface area contributed by atoms with Crippen LogP contribution in [0, 0.1) is 17.8 Å². The number of amides is 2. The summed E-state index contributed by atoms with van der Waals surface area (Å²) in [6.07, 6.45) is 5.29. The molecule has 2 fully saturated rings. The molecule has 0 saturated carbocycles. The van der Waals surface area contributed by atoms with E-state index in [9.17, 15) is 19.7 Å². The van der Waals surface area contributed by atoms with Crippen molar-refractivity contribution in [2.24, 2.45) is 17.8 Å². The van der Waals surface area contributed by atoms with Crippen molar-refractivity contribution in [3.63, 3.8) is 0 Å². The maximum absolute atomic E-state index is 12.9. The second-order valence-corrected chi connectivity index (χ2v) is 10.3. The molecular formula is C27H28BClN2O5. The normalized spacial score (nSPS) is 26.4. The molecule has 1 aliphatic carbocycles. The number of aromatic hydroxyl groups is 1. The number of carbonyl (C=O) groups excluding carboxylic acids is 2. The summed E-state index contributed by atoms with van der Waals surface area (Å²) in [5.74, 6) is -1.22. The van der Waals surface area contributed by atoms with Gasteiger partial charge in [0.2, 0.25) is 11.8 Å². The van der Waals surface area contributed by atoms with Crippen LogP contribution in [-0.4, -0.2) is 52.1 Å². The Kier molecular flexibility index (Phi) is 6.77. The summed E-state index contributed by atoms with van der Waals surface area (Å²) in [4.78, 5) is 31.4. The maximum atomic E-state index is 12.9. The van der Waals surface area contributed by atoms with E-state index in [0.717, 1.165) is 28.0 Å². The smallest absolute Gasteiger partial charge is 0.455 e. The lowest BCUT2D eigenvalue weighted by atomic mass is 9.58. The average Bonchev–Trinajstić information content (AvgIpc) is 3.06. The van der Waals surface area contributed by atoms with Crippen molar-refractivity contribution in [3.05, 3.63) is 70.0 Å². The van der Waals surface area contributed by atoms with E-state index in [4.69, 9.17) is 16.3 Å². The SMILES string of the molecule is CC1=C2[C@@H](CC/C(=C/c3ccc(O)cc3Cl)c3ccccn3)OB(O)C[C@@H]2[C@@H]2C(=O)N(C)C(=O)[C@@H]2C1. The van der Waals surface area contributed by atoms with Crippen molar-refractivity contribution in [2.45, 2.75) is 38.6 Å². The molecule has 0 unspecified atom stereocenters. The number of fused-ring (bicyclic) bond motifs is 3. The van der Waals surface area contributed by atoms with Crippen molar-refractivity contribution < 1.29 is 24.4 Å². The number of nitrogens with zero attached hydrogens (tertiary/aromatic N) is 2. The van der Waals surface area contributed by atoms with Crippen LogP contribution < -0.4 is 0 Å². The highest BCUT2D eigenvalue weighted by Gasteiger charge is 2.55. The predicted octanol–water partition coefficient (Wildman–Crippen LogP) is 4.21. The van der Waals surface area contributed by atoms with Crippen molar-refractivity contribution in [2.75, 3.05) is 7.05 Å². The van der Waals surface area contributed by atoms with Gasteiger partial charge in [0.1, 0.15) is 5.75 Å². The minimum absolute atomic E-state index is 0.0933. The highest BCUT2D eigenvalue weighted by molar-refractivity contribution is 6.43. The summed E-state index contributed by atoms with van der Waals surface area (Å²) >= 11 is 6.37. The molecule has 1 aromatic heterocycles. The van der Waals surface area contributed by atoms with Gasteiger partial charge in [0.05, 0.1) is 28.7 Å². The number of hydrogen-bond donors (Lipinski definition) is 2. The zero-order chi connectivity index (χ0) is 25.6. The summed E-state index contributed by atoms with van der Waals surface area (Å²) in [7, 11) is 0.543. The second-order valence-electron chi connectivity index (χ2n) is 9.86. The third-order valence-corrected chi connectivity index (χ3v) is 7.98. The summed E-state index contributed by atoms with van der Waals surface area (Å²) in [5.41, 5.74) is 4.59. The van der Waals surface area contributed by atoms with Gasteiger partial charge in [0.25, 0.3) is 0 Å². The molecule has 2 aromatic rings. The van der Waals surface area contributed by atoms with Gasteiger partial charge in [0, 0.05) is 13.2 Å². The van der Waals surface area contributed by atoms with Crippen LogP contribution in [0.25, 0.3) is 11.6 Å². The Hall–Kier alpha value is -2.94. The predicted molar refractivity (Wildman–Crippen MR) is 138 cm³/mol. The molecule has 0 radical (unpaired) electrons. The summed E-state index contributed by atoms with van der Waals surface area (Å²) < 4.78 is 6.02. The molecule has 2 N–H and O–H groups in total. The Morgan fingerprint density at radius 3 is 2.78 bits per heavy atom. The van der Waals surface area contributed by atoms with Gasteiger partial charge in [0.15, 0.2) is 0 Å². The molecule has 186 valence electrons. The molecule has 2 aliphatic heterocycles. The lowest BCUT2D eigenvalue weighted by molar-refractivity contribution is -0.138. The van der Waals surface area contributed by atoms with E-state index in [-0.39, 0.29) is 35.5 Å². The molecule has 5 rings (SSSR count).